The Kier molecular flexibility index (Phi) is 5.39. The first-order chi connectivity index (χ1) is 9.26. The van der Waals surface area contributed by atoms with Crippen molar-refractivity contribution in [2.75, 3.05) is 6.61 Å². The van der Waals surface area contributed by atoms with Crippen LogP contribution in [0.15, 0.2) is 0 Å². The molecule has 6 atom stereocenters. The lowest BCUT2D eigenvalue weighted by Gasteiger charge is -2.44. The molecule has 1 rings (SSSR count). The molecule has 0 saturated carbocycles. The van der Waals surface area contributed by atoms with Crippen LogP contribution in [0.25, 0.3) is 0 Å². The SMILES string of the molecule is O=CN[C@H]1[C@H]([C@H](O)[C@H](O)CO)O[C@@](O)(C(=O)O)C[C@@H]1O. The van der Waals surface area contributed by atoms with Crippen molar-refractivity contribution in [2.24, 2.45) is 0 Å². The van der Waals surface area contributed by atoms with E-state index in [9.17, 15) is 30.0 Å². The number of carbonyl (C=O) groups is 2. The lowest BCUT2D eigenvalue weighted by Crippen LogP contribution is -2.66. The smallest absolute Gasteiger partial charge is 0.364 e. The fraction of sp³-hybridized carbons (Fsp3) is 0.800. The summed E-state index contributed by atoms with van der Waals surface area (Å²) >= 11 is 0. The Hall–Kier alpha value is -1.30. The van der Waals surface area contributed by atoms with Crippen LogP contribution < -0.4 is 5.32 Å². The number of hydrogen-bond donors (Lipinski definition) is 7. The molecular weight excluding hydrogens is 278 g/mol. The second-order valence-corrected chi connectivity index (χ2v) is 4.49. The van der Waals surface area contributed by atoms with Gasteiger partial charge in [-0.1, -0.05) is 0 Å². The number of carbonyl (C=O) groups excluding carboxylic acids is 1. The first kappa shape index (κ1) is 16.8. The lowest BCUT2D eigenvalue weighted by molar-refractivity contribution is -0.294. The number of ether oxygens (including phenoxy) is 1. The van der Waals surface area contributed by atoms with Gasteiger partial charge in [-0.15, -0.1) is 0 Å². The molecule has 1 aliphatic rings. The molecule has 1 saturated heterocycles. The van der Waals surface area contributed by atoms with E-state index in [4.69, 9.17) is 14.9 Å². The van der Waals surface area contributed by atoms with E-state index in [0.29, 0.717) is 0 Å². The maximum absolute atomic E-state index is 10.9. The van der Waals surface area contributed by atoms with Gasteiger partial charge in [0.05, 0.1) is 18.8 Å². The molecule has 0 radical (unpaired) electrons. The average Bonchev–Trinajstić information content (AvgIpc) is 2.39. The van der Waals surface area contributed by atoms with Gasteiger partial charge in [-0.05, 0) is 0 Å². The van der Waals surface area contributed by atoms with Crippen LogP contribution in [-0.4, -0.2) is 85.9 Å². The van der Waals surface area contributed by atoms with Crippen LogP contribution in [0.3, 0.4) is 0 Å². The number of aliphatic carboxylic acids is 1. The Labute approximate surface area is 113 Å². The molecule has 0 bridgehead atoms. The predicted molar refractivity (Wildman–Crippen MR) is 60.2 cm³/mol. The van der Waals surface area contributed by atoms with Gasteiger partial charge in [-0.3, -0.25) is 4.79 Å². The number of amides is 1. The highest BCUT2D eigenvalue weighted by Gasteiger charge is 2.53. The van der Waals surface area contributed by atoms with E-state index in [0.717, 1.165) is 0 Å². The third kappa shape index (κ3) is 3.23. The third-order valence-corrected chi connectivity index (χ3v) is 3.10. The number of rotatable bonds is 6. The minimum Gasteiger partial charge on any atom is -0.477 e. The first-order valence-electron chi connectivity index (χ1n) is 5.75. The number of carboxylic acids is 1. The summed E-state index contributed by atoms with van der Waals surface area (Å²) in [7, 11) is 0. The second-order valence-electron chi connectivity index (χ2n) is 4.49. The zero-order valence-electron chi connectivity index (χ0n) is 10.3. The summed E-state index contributed by atoms with van der Waals surface area (Å²) in [5, 5.41) is 58.3. The topological polar surface area (TPSA) is 177 Å². The van der Waals surface area contributed by atoms with E-state index < -0.39 is 55.2 Å². The molecule has 20 heavy (non-hydrogen) atoms. The molecule has 0 spiro atoms. The molecule has 1 fully saturated rings. The van der Waals surface area contributed by atoms with Crippen LogP contribution in [0.1, 0.15) is 6.42 Å². The summed E-state index contributed by atoms with van der Waals surface area (Å²) in [5.41, 5.74) is 0. The van der Waals surface area contributed by atoms with E-state index in [1.54, 1.807) is 0 Å². The molecule has 1 amide bonds. The monoisotopic (exact) mass is 295 g/mol. The van der Waals surface area contributed by atoms with E-state index in [1.807, 2.05) is 0 Å². The minimum atomic E-state index is -2.78. The minimum absolute atomic E-state index is 0.188. The molecule has 10 heteroatoms. The number of hydrogen-bond acceptors (Lipinski definition) is 8. The average molecular weight is 295 g/mol. The van der Waals surface area contributed by atoms with Gasteiger partial charge in [-0.2, -0.15) is 0 Å². The Bertz CT molecular complexity index is 365. The Balaban J connectivity index is 3.03. The van der Waals surface area contributed by atoms with Crippen molar-refractivity contribution in [1.82, 2.24) is 5.32 Å². The highest BCUT2D eigenvalue weighted by atomic mass is 16.7. The molecule has 116 valence electrons. The molecular formula is C10H17NO9. The van der Waals surface area contributed by atoms with Crippen LogP contribution in [0.4, 0.5) is 0 Å². The Morgan fingerprint density at radius 2 is 2.10 bits per heavy atom. The summed E-state index contributed by atoms with van der Waals surface area (Å²) in [6.45, 7) is -0.865. The van der Waals surface area contributed by atoms with E-state index in [2.05, 4.69) is 5.32 Å². The number of nitrogens with one attached hydrogen (secondary N) is 1. The van der Waals surface area contributed by atoms with Crippen LogP contribution in [0.2, 0.25) is 0 Å². The van der Waals surface area contributed by atoms with Crippen LogP contribution in [0, 0.1) is 0 Å². The van der Waals surface area contributed by atoms with Crippen LogP contribution >= 0.6 is 0 Å². The Morgan fingerprint density at radius 3 is 2.55 bits per heavy atom. The first-order valence-corrected chi connectivity index (χ1v) is 5.75. The molecule has 7 N–H and O–H groups in total. The molecule has 0 unspecified atom stereocenters. The van der Waals surface area contributed by atoms with Crippen LogP contribution in [0.5, 0.6) is 0 Å². The van der Waals surface area contributed by atoms with Crippen molar-refractivity contribution >= 4 is 12.4 Å². The van der Waals surface area contributed by atoms with E-state index in [1.165, 1.54) is 0 Å². The summed E-state index contributed by atoms with van der Waals surface area (Å²) in [6.07, 6.45) is -7.27. The van der Waals surface area contributed by atoms with Crippen molar-refractivity contribution in [3.05, 3.63) is 0 Å². The van der Waals surface area contributed by atoms with Gasteiger partial charge < -0.3 is 40.7 Å². The van der Waals surface area contributed by atoms with Gasteiger partial charge in [0.2, 0.25) is 6.41 Å². The molecule has 10 nitrogen and oxygen atoms in total. The molecule has 0 aromatic heterocycles. The van der Waals surface area contributed by atoms with Crippen molar-refractivity contribution in [1.29, 1.82) is 0 Å². The van der Waals surface area contributed by atoms with Crippen molar-refractivity contribution in [3.8, 4) is 0 Å². The summed E-state index contributed by atoms with van der Waals surface area (Å²) < 4.78 is 4.81. The third-order valence-electron chi connectivity index (χ3n) is 3.10. The predicted octanol–water partition coefficient (Wildman–Crippen LogP) is -4.26. The van der Waals surface area contributed by atoms with Crippen molar-refractivity contribution in [3.63, 3.8) is 0 Å². The van der Waals surface area contributed by atoms with E-state index in [-0.39, 0.29) is 6.41 Å². The van der Waals surface area contributed by atoms with Gasteiger partial charge in [0.1, 0.15) is 18.3 Å². The standard InChI is InChI=1S/C10H17NO9/c12-2-5(15)7(16)8-6(11-3-13)4(14)1-10(19,20-8)9(17)18/h3-8,12,14-16,19H,1-2H2,(H,11,13)(H,17,18)/t4-,5+,6+,7+,8+,10+/m0/s1. The maximum Gasteiger partial charge on any atom is 0.364 e. The molecule has 0 aromatic rings. The van der Waals surface area contributed by atoms with Gasteiger partial charge in [0, 0.05) is 6.42 Å². The quantitative estimate of drug-likeness (QED) is 0.239. The Morgan fingerprint density at radius 1 is 1.50 bits per heavy atom. The largest absolute Gasteiger partial charge is 0.477 e. The summed E-state index contributed by atoms with van der Waals surface area (Å²) in [4.78, 5) is 21.4. The molecule has 0 aromatic carbocycles. The highest BCUT2D eigenvalue weighted by molar-refractivity contribution is 5.75. The summed E-state index contributed by atoms with van der Waals surface area (Å²) in [5.74, 6) is -4.57. The maximum atomic E-state index is 10.9. The molecule has 0 aliphatic carbocycles. The van der Waals surface area contributed by atoms with E-state index >= 15 is 0 Å². The number of aliphatic hydroxyl groups excluding tert-OH is 4. The zero-order valence-corrected chi connectivity index (χ0v) is 10.3. The molecule has 1 heterocycles. The lowest BCUT2D eigenvalue weighted by atomic mass is 9.89. The zero-order chi connectivity index (χ0) is 15.5. The van der Waals surface area contributed by atoms with Gasteiger partial charge in [0.25, 0.3) is 5.79 Å². The summed E-state index contributed by atoms with van der Waals surface area (Å²) in [6, 6.07) is -1.26. The van der Waals surface area contributed by atoms with Gasteiger partial charge in [0.15, 0.2) is 0 Å². The van der Waals surface area contributed by atoms with Crippen molar-refractivity contribution in [2.45, 2.75) is 42.7 Å². The van der Waals surface area contributed by atoms with Crippen molar-refractivity contribution < 1.29 is 45.0 Å². The van der Waals surface area contributed by atoms with Gasteiger partial charge >= 0.3 is 5.97 Å². The molecule has 1 aliphatic heterocycles. The fourth-order valence-electron chi connectivity index (χ4n) is 2.01. The van der Waals surface area contributed by atoms with Gasteiger partial charge in [-0.25, -0.2) is 4.79 Å². The second kappa shape index (κ2) is 6.43. The fourth-order valence-corrected chi connectivity index (χ4v) is 2.01. The highest BCUT2D eigenvalue weighted by Crippen LogP contribution is 2.30. The number of carboxylic acid groups (broad SMARTS) is 1. The number of aliphatic hydroxyl groups is 5. The normalized spacial score (nSPS) is 37.0. The van der Waals surface area contributed by atoms with Crippen LogP contribution in [-0.2, 0) is 14.3 Å².